The van der Waals surface area contributed by atoms with Gasteiger partial charge in [0.1, 0.15) is 17.0 Å². The molecule has 4 aromatic heterocycles. The maximum atomic E-state index is 12.5. The normalized spacial score (nSPS) is 11.5. The van der Waals surface area contributed by atoms with E-state index in [4.69, 9.17) is 10.7 Å². The standard InChI is InChI=1S/C23H22N8O/c1-13(2)31-19(12-26-23(32)17-5-3-4-9-25-17)29-20-21(31)15-7-6-14(16-8-10-27-30-16)11-18(15)28-22(20)24/h3-11,13H,12H2,1-2H3,(H2,24,28)(H,26,32)(H,27,30). The quantitative estimate of drug-likeness (QED) is 0.395. The summed E-state index contributed by atoms with van der Waals surface area (Å²) in [5, 5.41) is 10.8. The molecule has 0 aliphatic heterocycles. The molecule has 9 heteroatoms. The smallest absolute Gasteiger partial charge is 0.270 e. The molecule has 0 atom stereocenters. The molecule has 0 bridgehead atoms. The minimum atomic E-state index is -0.256. The third-order valence-electron chi connectivity index (χ3n) is 5.35. The van der Waals surface area contributed by atoms with Crippen molar-refractivity contribution < 1.29 is 4.79 Å². The number of hydrogen-bond donors (Lipinski definition) is 3. The van der Waals surface area contributed by atoms with E-state index in [0.717, 1.165) is 27.7 Å². The summed E-state index contributed by atoms with van der Waals surface area (Å²) in [4.78, 5) is 25.9. The first kappa shape index (κ1) is 19.7. The van der Waals surface area contributed by atoms with Crippen molar-refractivity contribution in [1.29, 1.82) is 0 Å². The van der Waals surface area contributed by atoms with Crippen LogP contribution in [0, 0.1) is 0 Å². The summed E-state index contributed by atoms with van der Waals surface area (Å²) in [6.45, 7) is 4.40. The number of benzene rings is 1. The average Bonchev–Trinajstić information content (AvgIpc) is 3.46. The largest absolute Gasteiger partial charge is 0.382 e. The number of fused-ring (bicyclic) bond motifs is 3. The molecule has 0 aliphatic carbocycles. The van der Waals surface area contributed by atoms with Gasteiger partial charge in [0.15, 0.2) is 5.82 Å². The van der Waals surface area contributed by atoms with Gasteiger partial charge in [-0.1, -0.05) is 12.1 Å². The van der Waals surface area contributed by atoms with Crippen LogP contribution in [0.3, 0.4) is 0 Å². The number of aromatic nitrogens is 6. The molecule has 5 rings (SSSR count). The van der Waals surface area contributed by atoms with Gasteiger partial charge in [0, 0.05) is 29.4 Å². The van der Waals surface area contributed by atoms with Crippen molar-refractivity contribution in [2.24, 2.45) is 0 Å². The second-order valence-electron chi connectivity index (χ2n) is 7.79. The lowest BCUT2D eigenvalue weighted by Gasteiger charge is -2.15. The van der Waals surface area contributed by atoms with Crippen molar-refractivity contribution >= 4 is 33.7 Å². The van der Waals surface area contributed by atoms with E-state index < -0.39 is 0 Å². The zero-order chi connectivity index (χ0) is 22.2. The van der Waals surface area contributed by atoms with Gasteiger partial charge in [-0.2, -0.15) is 5.10 Å². The van der Waals surface area contributed by atoms with Gasteiger partial charge in [0.2, 0.25) is 0 Å². The number of anilines is 1. The highest BCUT2D eigenvalue weighted by Gasteiger charge is 2.20. The van der Waals surface area contributed by atoms with Gasteiger partial charge in [0.25, 0.3) is 5.91 Å². The lowest BCUT2D eigenvalue weighted by Crippen LogP contribution is -2.25. The molecule has 4 heterocycles. The average molecular weight is 426 g/mol. The molecular weight excluding hydrogens is 404 g/mol. The molecular formula is C23H22N8O. The molecule has 0 spiro atoms. The molecule has 160 valence electrons. The maximum absolute atomic E-state index is 12.5. The van der Waals surface area contributed by atoms with E-state index in [1.165, 1.54) is 0 Å². The number of hydrogen-bond acceptors (Lipinski definition) is 6. The number of amides is 1. The van der Waals surface area contributed by atoms with Gasteiger partial charge in [-0.05, 0) is 44.2 Å². The first-order valence-electron chi connectivity index (χ1n) is 10.3. The number of aromatic amines is 1. The molecule has 9 nitrogen and oxygen atoms in total. The number of carbonyl (C=O) groups excluding carboxylic acids is 1. The number of nitrogens with two attached hydrogens (primary N) is 1. The molecule has 0 saturated heterocycles. The van der Waals surface area contributed by atoms with Crippen LogP contribution in [0.25, 0.3) is 33.2 Å². The van der Waals surface area contributed by atoms with Gasteiger partial charge in [-0.15, -0.1) is 0 Å². The van der Waals surface area contributed by atoms with Crippen molar-refractivity contribution in [3.05, 3.63) is 66.4 Å². The highest BCUT2D eigenvalue weighted by molar-refractivity contribution is 6.07. The lowest BCUT2D eigenvalue weighted by molar-refractivity contribution is 0.0944. The Kier molecular flexibility index (Phi) is 4.78. The summed E-state index contributed by atoms with van der Waals surface area (Å²) in [5.74, 6) is 0.803. The molecule has 0 unspecified atom stereocenters. The van der Waals surface area contributed by atoms with Gasteiger partial charge in [0.05, 0.1) is 23.3 Å². The predicted molar refractivity (Wildman–Crippen MR) is 123 cm³/mol. The van der Waals surface area contributed by atoms with E-state index in [1.54, 1.807) is 30.6 Å². The van der Waals surface area contributed by atoms with E-state index in [1.807, 2.05) is 24.3 Å². The fourth-order valence-corrected chi connectivity index (χ4v) is 3.93. The topological polar surface area (TPSA) is 127 Å². The first-order valence-corrected chi connectivity index (χ1v) is 10.3. The van der Waals surface area contributed by atoms with Crippen molar-refractivity contribution in [2.45, 2.75) is 26.4 Å². The van der Waals surface area contributed by atoms with Crippen LogP contribution >= 0.6 is 0 Å². The van der Waals surface area contributed by atoms with Crippen molar-refractivity contribution in [2.75, 3.05) is 5.73 Å². The number of nitrogen functional groups attached to an aromatic ring is 1. The Morgan fingerprint density at radius 3 is 2.75 bits per heavy atom. The number of nitrogens with zero attached hydrogens (tertiary/aromatic N) is 5. The number of rotatable bonds is 5. The summed E-state index contributed by atoms with van der Waals surface area (Å²) >= 11 is 0. The van der Waals surface area contributed by atoms with E-state index in [9.17, 15) is 4.79 Å². The van der Waals surface area contributed by atoms with Crippen LogP contribution in [0.1, 0.15) is 36.2 Å². The third kappa shape index (κ3) is 3.33. The van der Waals surface area contributed by atoms with Crippen LogP contribution in [-0.4, -0.2) is 35.6 Å². The fraction of sp³-hybridized carbons (Fsp3) is 0.174. The number of imidazole rings is 1. The van der Waals surface area contributed by atoms with E-state index in [0.29, 0.717) is 22.9 Å². The Labute approximate surface area is 183 Å². The Balaban J connectivity index is 1.60. The number of nitrogens with one attached hydrogen (secondary N) is 2. The summed E-state index contributed by atoms with van der Waals surface area (Å²) in [5.41, 5.74) is 10.9. The third-order valence-corrected chi connectivity index (χ3v) is 5.35. The van der Waals surface area contributed by atoms with Crippen LogP contribution in [-0.2, 0) is 6.54 Å². The van der Waals surface area contributed by atoms with Crippen molar-refractivity contribution in [3.63, 3.8) is 0 Å². The van der Waals surface area contributed by atoms with Gasteiger partial charge >= 0.3 is 0 Å². The van der Waals surface area contributed by atoms with Crippen LogP contribution in [0.2, 0.25) is 0 Å². The minimum absolute atomic E-state index is 0.0963. The summed E-state index contributed by atoms with van der Waals surface area (Å²) < 4.78 is 2.10. The zero-order valence-electron chi connectivity index (χ0n) is 17.7. The van der Waals surface area contributed by atoms with Crippen LogP contribution in [0.5, 0.6) is 0 Å². The molecule has 0 radical (unpaired) electrons. The number of H-pyrrole nitrogens is 1. The Morgan fingerprint density at radius 2 is 2.03 bits per heavy atom. The molecule has 1 aromatic carbocycles. The van der Waals surface area contributed by atoms with Crippen LogP contribution in [0.4, 0.5) is 5.82 Å². The Bertz CT molecular complexity index is 1420. The summed E-state index contributed by atoms with van der Waals surface area (Å²) in [7, 11) is 0. The minimum Gasteiger partial charge on any atom is -0.382 e. The van der Waals surface area contributed by atoms with E-state index in [2.05, 4.69) is 43.9 Å². The van der Waals surface area contributed by atoms with E-state index in [-0.39, 0.29) is 18.5 Å². The second kappa shape index (κ2) is 7.77. The SMILES string of the molecule is CC(C)n1c(CNC(=O)c2ccccn2)nc2c(N)nc3cc(-c4ccn[nH]4)ccc3c21. The molecule has 0 fully saturated rings. The number of pyridine rings is 2. The van der Waals surface area contributed by atoms with Gasteiger partial charge in [-0.25, -0.2) is 9.97 Å². The summed E-state index contributed by atoms with van der Waals surface area (Å²) in [6.07, 6.45) is 3.30. The van der Waals surface area contributed by atoms with Crippen LogP contribution in [0.15, 0.2) is 54.9 Å². The molecule has 4 N–H and O–H groups in total. The molecule has 1 amide bonds. The monoisotopic (exact) mass is 426 g/mol. The first-order chi connectivity index (χ1) is 15.5. The second-order valence-corrected chi connectivity index (χ2v) is 7.79. The fourth-order valence-electron chi connectivity index (χ4n) is 3.93. The lowest BCUT2D eigenvalue weighted by atomic mass is 10.1. The molecule has 32 heavy (non-hydrogen) atoms. The Hall–Kier alpha value is -4.27. The molecule has 0 aliphatic rings. The van der Waals surface area contributed by atoms with Crippen LogP contribution < -0.4 is 11.1 Å². The Morgan fingerprint density at radius 1 is 1.16 bits per heavy atom. The molecule has 5 aromatic rings. The van der Waals surface area contributed by atoms with Crippen molar-refractivity contribution in [1.82, 2.24) is 35.0 Å². The predicted octanol–water partition coefficient (Wildman–Crippen LogP) is 3.46. The highest BCUT2D eigenvalue weighted by atomic mass is 16.1. The van der Waals surface area contributed by atoms with Gasteiger partial charge < -0.3 is 15.6 Å². The van der Waals surface area contributed by atoms with E-state index >= 15 is 0 Å². The summed E-state index contributed by atoms with van der Waals surface area (Å²) in [6, 6.07) is 13.3. The zero-order valence-corrected chi connectivity index (χ0v) is 17.7. The maximum Gasteiger partial charge on any atom is 0.270 e. The van der Waals surface area contributed by atoms with Gasteiger partial charge in [-0.3, -0.25) is 14.9 Å². The molecule has 0 saturated carbocycles. The highest BCUT2D eigenvalue weighted by Crippen LogP contribution is 2.33. The van der Waals surface area contributed by atoms with Crippen molar-refractivity contribution in [3.8, 4) is 11.3 Å². The number of carbonyl (C=O) groups is 1.